The number of anilines is 2. The van der Waals surface area contributed by atoms with E-state index in [0.717, 1.165) is 67.2 Å². The van der Waals surface area contributed by atoms with Gasteiger partial charge in [0.25, 0.3) is 5.91 Å². The number of ether oxygens (including phenoxy) is 1. The molecule has 5 heterocycles. The number of carbonyl (C=O) groups is 2. The predicted octanol–water partition coefficient (Wildman–Crippen LogP) is 2.57. The van der Waals surface area contributed by atoms with Crippen molar-refractivity contribution in [2.45, 2.75) is 83.7 Å². The first-order chi connectivity index (χ1) is 22.3. The number of nitrogens with one attached hydrogen (secondary N) is 3. The molecule has 1 aromatic carbocycles. The number of fused-ring (bicyclic) bond motifs is 1. The Labute approximate surface area is 269 Å². The molecule has 6 rings (SSSR count). The van der Waals surface area contributed by atoms with Crippen molar-refractivity contribution in [3.8, 4) is 5.75 Å². The molecule has 0 spiro atoms. The highest BCUT2D eigenvalue weighted by Crippen LogP contribution is 2.25. The van der Waals surface area contributed by atoms with Gasteiger partial charge in [0.1, 0.15) is 23.9 Å². The van der Waals surface area contributed by atoms with Crippen LogP contribution in [-0.4, -0.2) is 87.7 Å². The summed E-state index contributed by atoms with van der Waals surface area (Å²) >= 11 is 0. The number of aliphatic hydroxyl groups excluding tert-OH is 1. The zero-order valence-corrected chi connectivity index (χ0v) is 26.6. The molecule has 0 saturated carbocycles. The minimum atomic E-state index is -0.796. The molecule has 0 unspecified atom stereocenters. The standard InChI is InChI=1S/C33H44N8O5/c1-21-30(46-20-36-21)19-45-26-7-6-23-15-27(34-17-24(23)14-26)29(43)18-35-32(44)28-16-31(41-10-4-3-5-11-41)39-33(38-28)37-25-8-12-40(13-9-25)22(2)42/h6-7,14,16,20,25,27,29,34,43H,3-5,8-13,15,17-19H2,1-2H3,(H,35,44)(H,37,38,39)/t27-,29+/m0/s1. The first-order valence-corrected chi connectivity index (χ1v) is 16.3. The molecule has 4 N–H and O–H groups in total. The number of aliphatic hydroxyl groups is 1. The van der Waals surface area contributed by atoms with E-state index in [4.69, 9.17) is 14.1 Å². The van der Waals surface area contributed by atoms with Crippen molar-refractivity contribution in [3.05, 3.63) is 58.9 Å². The van der Waals surface area contributed by atoms with Crippen LogP contribution in [0.25, 0.3) is 0 Å². The lowest BCUT2D eigenvalue weighted by molar-refractivity contribution is -0.129. The minimum absolute atomic E-state index is 0.0822. The number of rotatable bonds is 10. The Bertz CT molecular complexity index is 1520. The van der Waals surface area contributed by atoms with Crippen molar-refractivity contribution in [1.29, 1.82) is 0 Å². The molecular weight excluding hydrogens is 588 g/mol. The number of hydrogen-bond donors (Lipinski definition) is 4. The summed E-state index contributed by atoms with van der Waals surface area (Å²) in [6.45, 7) is 7.58. The summed E-state index contributed by atoms with van der Waals surface area (Å²) in [6.07, 6.45) is 6.17. The highest BCUT2D eigenvalue weighted by atomic mass is 16.5. The normalized spacial score (nSPS) is 19.3. The first kappa shape index (κ1) is 31.7. The lowest BCUT2D eigenvalue weighted by Crippen LogP contribution is -2.49. The van der Waals surface area contributed by atoms with E-state index < -0.39 is 6.10 Å². The van der Waals surface area contributed by atoms with Crippen molar-refractivity contribution in [2.24, 2.45) is 0 Å². The highest BCUT2D eigenvalue weighted by Gasteiger charge is 2.27. The first-order valence-electron chi connectivity index (χ1n) is 16.3. The summed E-state index contributed by atoms with van der Waals surface area (Å²) in [4.78, 5) is 42.6. The van der Waals surface area contributed by atoms with Crippen molar-refractivity contribution >= 4 is 23.6 Å². The summed E-state index contributed by atoms with van der Waals surface area (Å²) in [5.41, 5.74) is 3.31. The Morgan fingerprint density at radius 2 is 1.91 bits per heavy atom. The maximum Gasteiger partial charge on any atom is 0.270 e. The lowest BCUT2D eigenvalue weighted by Gasteiger charge is -2.32. The van der Waals surface area contributed by atoms with Crippen LogP contribution < -0.4 is 25.6 Å². The van der Waals surface area contributed by atoms with E-state index in [1.807, 2.05) is 30.0 Å². The van der Waals surface area contributed by atoms with Gasteiger partial charge in [0.2, 0.25) is 11.9 Å². The van der Waals surface area contributed by atoms with E-state index in [1.165, 1.54) is 12.8 Å². The number of aromatic nitrogens is 3. The van der Waals surface area contributed by atoms with Gasteiger partial charge in [-0.3, -0.25) is 9.59 Å². The molecular formula is C33H44N8O5. The average Bonchev–Trinajstić information content (AvgIpc) is 3.50. The number of aryl methyl sites for hydroxylation is 1. The topological polar surface area (TPSA) is 158 Å². The van der Waals surface area contributed by atoms with Crippen LogP contribution in [0.3, 0.4) is 0 Å². The smallest absolute Gasteiger partial charge is 0.270 e. The van der Waals surface area contributed by atoms with Crippen LogP contribution in [-0.2, 0) is 24.4 Å². The molecule has 2 saturated heterocycles. The number of nitrogens with zero attached hydrogens (tertiary/aromatic N) is 5. The molecule has 2 amide bonds. The van der Waals surface area contributed by atoms with Crippen LogP contribution in [0.2, 0.25) is 0 Å². The van der Waals surface area contributed by atoms with Crippen LogP contribution in [0.15, 0.2) is 35.1 Å². The van der Waals surface area contributed by atoms with Gasteiger partial charge in [-0.1, -0.05) is 6.07 Å². The summed E-state index contributed by atoms with van der Waals surface area (Å²) in [5, 5.41) is 20.8. The third kappa shape index (κ3) is 7.76. The van der Waals surface area contributed by atoms with E-state index >= 15 is 0 Å². The second-order valence-electron chi connectivity index (χ2n) is 12.5. The van der Waals surface area contributed by atoms with Crippen LogP contribution in [0.5, 0.6) is 5.75 Å². The zero-order chi connectivity index (χ0) is 32.0. The Balaban J connectivity index is 1.06. The van der Waals surface area contributed by atoms with Crippen molar-refractivity contribution in [2.75, 3.05) is 42.9 Å². The highest BCUT2D eigenvalue weighted by molar-refractivity contribution is 5.93. The summed E-state index contributed by atoms with van der Waals surface area (Å²) in [6, 6.07) is 7.60. The summed E-state index contributed by atoms with van der Waals surface area (Å²) in [5.74, 6) is 2.32. The number of oxazole rings is 1. The van der Waals surface area contributed by atoms with E-state index in [-0.39, 0.29) is 36.1 Å². The fraction of sp³-hybridized carbons (Fsp3) is 0.545. The Morgan fingerprint density at radius 1 is 1.11 bits per heavy atom. The second-order valence-corrected chi connectivity index (χ2v) is 12.5. The zero-order valence-electron chi connectivity index (χ0n) is 26.6. The van der Waals surface area contributed by atoms with E-state index in [0.29, 0.717) is 44.4 Å². The largest absolute Gasteiger partial charge is 0.486 e. The molecule has 2 aromatic heterocycles. The molecule has 3 aromatic rings. The maximum atomic E-state index is 13.4. The number of piperidine rings is 2. The second kappa shape index (κ2) is 14.5. The fourth-order valence-corrected chi connectivity index (χ4v) is 6.34. The Hall–Kier alpha value is -4.23. The molecule has 2 atom stereocenters. The monoisotopic (exact) mass is 632 g/mol. The van der Waals surface area contributed by atoms with Crippen LogP contribution in [0.4, 0.5) is 11.8 Å². The van der Waals surface area contributed by atoms with Gasteiger partial charge in [0.15, 0.2) is 12.2 Å². The quantitative estimate of drug-likeness (QED) is 0.260. The van der Waals surface area contributed by atoms with Crippen LogP contribution >= 0.6 is 0 Å². The van der Waals surface area contributed by atoms with Gasteiger partial charge < -0.3 is 40.0 Å². The van der Waals surface area contributed by atoms with Crippen molar-refractivity contribution in [1.82, 2.24) is 30.5 Å². The Kier molecular flexibility index (Phi) is 9.98. The molecule has 3 aliphatic heterocycles. The fourth-order valence-electron chi connectivity index (χ4n) is 6.34. The predicted molar refractivity (Wildman–Crippen MR) is 172 cm³/mol. The van der Waals surface area contributed by atoms with Gasteiger partial charge in [-0.25, -0.2) is 9.97 Å². The molecule has 13 heteroatoms. The number of carbonyl (C=O) groups excluding carboxylic acids is 2. The maximum absolute atomic E-state index is 13.4. The van der Waals surface area contributed by atoms with E-state index in [1.54, 1.807) is 13.0 Å². The minimum Gasteiger partial charge on any atom is -0.486 e. The molecule has 0 radical (unpaired) electrons. The molecule has 2 fully saturated rings. The van der Waals surface area contributed by atoms with E-state index in [9.17, 15) is 14.7 Å². The van der Waals surface area contributed by atoms with E-state index in [2.05, 4.69) is 30.8 Å². The Morgan fingerprint density at radius 3 is 2.65 bits per heavy atom. The molecule has 0 aliphatic carbocycles. The average molecular weight is 633 g/mol. The molecule has 0 bridgehead atoms. The molecule has 13 nitrogen and oxygen atoms in total. The number of likely N-dealkylation sites (tertiary alicyclic amines) is 1. The molecule has 46 heavy (non-hydrogen) atoms. The number of hydrogen-bond acceptors (Lipinski definition) is 11. The van der Waals surface area contributed by atoms with Crippen LogP contribution in [0, 0.1) is 6.92 Å². The van der Waals surface area contributed by atoms with Crippen molar-refractivity contribution < 1.29 is 23.8 Å². The van der Waals surface area contributed by atoms with Gasteiger partial charge in [-0.2, -0.15) is 4.98 Å². The van der Waals surface area contributed by atoms with Crippen LogP contribution in [0.1, 0.15) is 72.1 Å². The van der Waals surface area contributed by atoms with Gasteiger partial charge in [-0.15, -0.1) is 0 Å². The van der Waals surface area contributed by atoms with Crippen molar-refractivity contribution in [3.63, 3.8) is 0 Å². The number of amides is 2. The third-order valence-corrected chi connectivity index (χ3v) is 9.22. The third-order valence-electron chi connectivity index (χ3n) is 9.22. The molecule has 3 aliphatic rings. The molecule has 246 valence electrons. The SMILES string of the molecule is CC(=O)N1CCC(Nc2nc(C(=O)NC[C@@H](O)[C@@H]3Cc4ccc(OCc5ocnc5C)cc4CN3)cc(N3CCCCC3)n2)CC1. The summed E-state index contributed by atoms with van der Waals surface area (Å²) in [7, 11) is 0. The number of benzene rings is 1. The van der Waals surface area contributed by atoms with Gasteiger partial charge in [-0.05, 0) is 68.7 Å². The van der Waals surface area contributed by atoms with Gasteiger partial charge in [0, 0.05) is 64.3 Å². The van der Waals surface area contributed by atoms with Gasteiger partial charge in [0.05, 0.1) is 11.8 Å². The summed E-state index contributed by atoms with van der Waals surface area (Å²) < 4.78 is 11.3. The van der Waals surface area contributed by atoms with Gasteiger partial charge >= 0.3 is 0 Å². The lowest BCUT2D eigenvalue weighted by atomic mass is 9.92.